The molecule has 0 atom stereocenters. The zero-order chi connectivity index (χ0) is 12.7. The van der Waals surface area contributed by atoms with E-state index in [0.29, 0.717) is 5.02 Å². The Kier molecular flexibility index (Phi) is 2.90. The van der Waals surface area contributed by atoms with Crippen molar-refractivity contribution >= 4 is 36.0 Å². The molecule has 0 bridgehead atoms. The van der Waals surface area contributed by atoms with E-state index in [0.717, 1.165) is 20.9 Å². The molecule has 0 unspecified atom stereocenters. The van der Waals surface area contributed by atoms with Crippen LogP contribution in [0.3, 0.4) is 0 Å². The molecule has 1 heterocycles. The Hall–Kier alpha value is -1.28. The third-order valence-corrected chi connectivity index (χ3v) is 5.43. The molecule has 0 saturated heterocycles. The van der Waals surface area contributed by atoms with Crippen molar-refractivity contribution in [2.45, 2.75) is 6.92 Å². The van der Waals surface area contributed by atoms with Gasteiger partial charge in [0.2, 0.25) is 0 Å². The van der Waals surface area contributed by atoms with Gasteiger partial charge < -0.3 is 0 Å². The second-order valence-electron chi connectivity index (χ2n) is 4.14. The van der Waals surface area contributed by atoms with Crippen LogP contribution >= 0.6 is 11.6 Å². The van der Waals surface area contributed by atoms with Crippen LogP contribution in [-0.4, -0.2) is 18.3 Å². The van der Waals surface area contributed by atoms with Crippen molar-refractivity contribution in [1.82, 2.24) is 3.56 Å². The van der Waals surface area contributed by atoms with E-state index in [4.69, 9.17) is 11.6 Å². The summed E-state index contributed by atoms with van der Waals surface area (Å²) >= 11 is 6.18. The molecule has 1 aromatic heterocycles. The molecule has 0 N–H and O–H groups in total. The number of aromatic nitrogens is 1. The van der Waals surface area contributed by atoms with Crippen LogP contribution in [0.25, 0.3) is 15.3 Å². The van der Waals surface area contributed by atoms with Crippen molar-refractivity contribution in [2.75, 3.05) is 0 Å². The molecule has 3 aromatic rings. The summed E-state index contributed by atoms with van der Waals surface area (Å²) in [5.74, 6) is 0. The number of benzene rings is 2. The fourth-order valence-corrected chi connectivity index (χ4v) is 4.37. The van der Waals surface area contributed by atoms with Gasteiger partial charge >= 0.3 is 116 Å². The minimum absolute atomic E-state index is 0.0227. The molecule has 0 fully saturated rings. The Bertz CT molecular complexity index is 788. The van der Waals surface area contributed by atoms with E-state index in [-0.39, 0.29) is 20.3 Å². The van der Waals surface area contributed by atoms with Gasteiger partial charge in [0.15, 0.2) is 0 Å². The molecule has 0 aliphatic carbocycles. The van der Waals surface area contributed by atoms with E-state index in [2.05, 4.69) is 0 Å². The first-order chi connectivity index (χ1) is 8.66. The Balaban J connectivity index is 2.35. The first-order valence-corrected chi connectivity index (χ1v) is 7.54. The van der Waals surface area contributed by atoms with Gasteiger partial charge in [-0.05, 0) is 0 Å². The zero-order valence-electron chi connectivity index (χ0n) is 9.68. The number of nitrogens with zero attached hydrogens (tertiary/aromatic N) is 1. The zero-order valence-corrected chi connectivity index (χ0v) is 12.2. The summed E-state index contributed by atoms with van der Waals surface area (Å²) < 4.78 is 2.92. The van der Waals surface area contributed by atoms with Crippen molar-refractivity contribution in [3.63, 3.8) is 0 Å². The minimum atomic E-state index is -0.0227. The van der Waals surface area contributed by atoms with E-state index < -0.39 is 0 Å². The average Bonchev–Trinajstić information content (AvgIpc) is 2.71. The molecule has 0 saturated carbocycles. The molecule has 0 spiro atoms. The molecule has 0 aliphatic heterocycles. The first-order valence-electron chi connectivity index (χ1n) is 5.54. The second-order valence-corrected chi connectivity index (χ2v) is 6.62. The van der Waals surface area contributed by atoms with Gasteiger partial charge in [0, 0.05) is 0 Å². The maximum atomic E-state index is 12.3. The number of aryl methyl sites for hydroxylation is 1. The number of halogens is 1. The summed E-state index contributed by atoms with van der Waals surface area (Å²) in [5, 5.41) is 1.43. The third-order valence-electron chi connectivity index (χ3n) is 2.81. The normalized spacial score (nSPS) is 11.0. The molecule has 4 heteroatoms. The Labute approximate surface area is 115 Å². The number of hydrogen-bond acceptors (Lipinski definition) is 1. The molecule has 18 heavy (non-hydrogen) atoms. The van der Waals surface area contributed by atoms with Crippen LogP contribution in [-0.2, 0) is 0 Å². The van der Waals surface area contributed by atoms with E-state index in [1.54, 1.807) is 3.56 Å². The number of fused-ring (bicyclic) bond motifs is 1. The van der Waals surface area contributed by atoms with Crippen LogP contribution in [0, 0.1) is 6.92 Å². The predicted octanol–water partition coefficient (Wildman–Crippen LogP) is 3.01. The number of rotatable bonds is 1. The van der Waals surface area contributed by atoms with Crippen molar-refractivity contribution in [3.8, 4) is 5.69 Å². The summed E-state index contributed by atoms with van der Waals surface area (Å²) in [7, 11) is 0. The summed E-state index contributed by atoms with van der Waals surface area (Å²) in [6, 6.07) is 13.5. The molecular weight excluding hydrogens is 313 g/mol. The fraction of sp³-hybridized carbons (Fsp3) is 0.0714. The molecule has 0 radical (unpaired) electrons. The predicted molar refractivity (Wildman–Crippen MR) is 76.2 cm³/mol. The molecule has 2 aromatic carbocycles. The molecular formula is C14H10ClNOSe. The van der Waals surface area contributed by atoms with E-state index in [1.807, 2.05) is 49.4 Å². The van der Waals surface area contributed by atoms with Crippen LogP contribution in [0.15, 0.2) is 47.3 Å². The second kappa shape index (κ2) is 4.43. The third kappa shape index (κ3) is 1.85. The van der Waals surface area contributed by atoms with E-state index in [1.165, 1.54) is 0 Å². The van der Waals surface area contributed by atoms with Gasteiger partial charge in [-0.3, -0.25) is 0 Å². The Morgan fingerprint density at radius 1 is 1.17 bits per heavy atom. The molecule has 3 rings (SSSR count). The Morgan fingerprint density at radius 2 is 1.94 bits per heavy atom. The summed E-state index contributed by atoms with van der Waals surface area (Å²) in [6.45, 7) is 2.00. The quantitative estimate of drug-likeness (QED) is 0.631. The van der Waals surface area contributed by atoms with Gasteiger partial charge in [-0.2, -0.15) is 0 Å². The van der Waals surface area contributed by atoms with Gasteiger partial charge in [-0.25, -0.2) is 0 Å². The molecule has 0 amide bonds. The molecule has 90 valence electrons. The van der Waals surface area contributed by atoms with Crippen molar-refractivity contribution < 1.29 is 0 Å². The van der Waals surface area contributed by atoms with E-state index >= 15 is 0 Å². The summed E-state index contributed by atoms with van der Waals surface area (Å²) in [5.41, 5.74) is 1.98. The fourth-order valence-electron chi connectivity index (χ4n) is 1.91. The SMILES string of the molecule is Cc1ccc(Cl)c(-n2[se]c3ccccc3c2=O)c1. The van der Waals surface area contributed by atoms with E-state index in [9.17, 15) is 4.79 Å². The molecule has 2 nitrogen and oxygen atoms in total. The van der Waals surface area contributed by atoms with Gasteiger partial charge in [-0.15, -0.1) is 0 Å². The maximum absolute atomic E-state index is 12.3. The van der Waals surface area contributed by atoms with Crippen molar-refractivity contribution in [2.24, 2.45) is 0 Å². The topological polar surface area (TPSA) is 22.0 Å². The average molecular weight is 323 g/mol. The number of hydrogen-bond donors (Lipinski definition) is 0. The van der Waals surface area contributed by atoms with Gasteiger partial charge in [0.25, 0.3) is 0 Å². The van der Waals surface area contributed by atoms with Gasteiger partial charge in [0.05, 0.1) is 0 Å². The van der Waals surface area contributed by atoms with Crippen LogP contribution in [0.4, 0.5) is 0 Å². The van der Waals surface area contributed by atoms with Crippen LogP contribution in [0.2, 0.25) is 5.02 Å². The summed E-state index contributed by atoms with van der Waals surface area (Å²) in [4.78, 5) is 12.3. The van der Waals surface area contributed by atoms with Gasteiger partial charge in [0.1, 0.15) is 0 Å². The van der Waals surface area contributed by atoms with Crippen LogP contribution in [0.5, 0.6) is 0 Å². The monoisotopic (exact) mass is 323 g/mol. The van der Waals surface area contributed by atoms with Crippen molar-refractivity contribution in [3.05, 3.63) is 63.4 Å². The van der Waals surface area contributed by atoms with Crippen LogP contribution < -0.4 is 5.56 Å². The standard InChI is InChI=1S/C14H10ClNOSe/c1-9-6-7-11(15)12(8-9)16-14(17)10-4-2-3-5-13(10)18-16/h2-8H,1H3. The van der Waals surface area contributed by atoms with Crippen LogP contribution in [0.1, 0.15) is 5.56 Å². The van der Waals surface area contributed by atoms with Crippen molar-refractivity contribution in [1.29, 1.82) is 0 Å². The molecule has 0 aliphatic rings. The summed E-state index contributed by atoms with van der Waals surface area (Å²) in [6.07, 6.45) is 0. The Morgan fingerprint density at radius 3 is 2.72 bits per heavy atom. The van der Waals surface area contributed by atoms with Gasteiger partial charge in [-0.1, -0.05) is 0 Å². The first kappa shape index (κ1) is 11.8.